The number of ether oxygens (including phenoxy) is 1. The highest BCUT2D eigenvalue weighted by Crippen LogP contribution is 2.29. The number of hydrogen-bond donors (Lipinski definition) is 1. The summed E-state index contributed by atoms with van der Waals surface area (Å²) in [7, 11) is 1.41. The molecule has 1 N–H and O–H groups in total. The van der Waals surface area contributed by atoms with Crippen LogP contribution in [0.5, 0.6) is 5.75 Å². The summed E-state index contributed by atoms with van der Waals surface area (Å²) in [6.07, 6.45) is 0. The van der Waals surface area contributed by atoms with Crippen LogP contribution >= 0.6 is 11.3 Å². The van der Waals surface area contributed by atoms with Crippen LogP contribution in [0.4, 0.5) is 11.4 Å². The van der Waals surface area contributed by atoms with Gasteiger partial charge >= 0.3 is 5.69 Å². The number of benzene rings is 1. The van der Waals surface area contributed by atoms with Crippen molar-refractivity contribution < 1.29 is 9.66 Å². The molecular formula is C12H13N3O3S. The zero-order valence-electron chi connectivity index (χ0n) is 10.5. The highest BCUT2D eigenvalue weighted by molar-refractivity contribution is 7.09. The van der Waals surface area contributed by atoms with Crippen LogP contribution in [-0.2, 0) is 6.54 Å². The van der Waals surface area contributed by atoms with Gasteiger partial charge in [-0.3, -0.25) is 10.1 Å². The fourth-order valence-electron chi connectivity index (χ4n) is 1.60. The second-order valence-electron chi connectivity index (χ2n) is 3.88. The molecule has 0 atom stereocenters. The maximum absolute atomic E-state index is 10.8. The number of aryl methyl sites for hydroxylation is 1. The number of hydrogen-bond acceptors (Lipinski definition) is 6. The van der Waals surface area contributed by atoms with Crippen LogP contribution in [0.25, 0.3) is 0 Å². The van der Waals surface area contributed by atoms with Gasteiger partial charge in [0.15, 0.2) is 5.75 Å². The van der Waals surface area contributed by atoms with Gasteiger partial charge in [-0.2, -0.15) is 0 Å². The van der Waals surface area contributed by atoms with Gasteiger partial charge in [-0.05, 0) is 13.0 Å². The van der Waals surface area contributed by atoms with Crippen molar-refractivity contribution in [2.24, 2.45) is 0 Å². The summed E-state index contributed by atoms with van der Waals surface area (Å²) in [6, 6.07) is 4.69. The molecule has 0 spiro atoms. The van der Waals surface area contributed by atoms with Crippen molar-refractivity contribution >= 4 is 22.7 Å². The quantitative estimate of drug-likeness (QED) is 0.672. The Hall–Kier alpha value is -2.15. The Morgan fingerprint density at radius 1 is 1.53 bits per heavy atom. The molecule has 0 aliphatic rings. The fourth-order valence-corrected chi connectivity index (χ4v) is 2.31. The Balaban J connectivity index is 2.11. The fraction of sp³-hybridized carbons (Fsp3) is 0.250. The van der Waals surface area contributed by atoms with Crippen molar-refractivity contribution in [3.05, 3.63) is 44.4 Å². The first-order chi connectivity index (χ1) is 9.10. The summed E-state index contributed by atoms with van der Waals surface area (Å²) in [4.78, 5) is 14.6. The largest absolute Gasteiger partial charge is 0.490 e. The average molecular weight is 279 g/mol. The Morgan fingerprint density at radius 2 is 2.32 bits per heavy atom. The summed E-state index contributed by atoms with van der Waals surface area (Å²) in [5, 5.41) is 16.9. The lowest BCUT2D eigenvalue weighted by molar-refractivity contribution is -0.385. The molecule has 0 aliphatic carbocycles. The first-order valence-corrected chi connectivity index (χ1v) is 6.45. The molecule has 2 rings (SSSR count). The molecule has 1 heterocycles. The number of anilines is 1. The minimum Gasteiger partial charge on any atom is -0.490 e. The lowest BCUT2D eigenvalue weighted by Gasteiger charge is -2.07. The number of nitro benzene ring substituents is 1. The predicted molar refractivity (Wildman–Crippen MR) is 73.8 cm³/mol. The van der Waals surface area contributed by atoms with Crippen LogP contribution in [-0.4, -0.2) is 17.0 Å². The van der Waals surface area contributed by atoms with Crippen LogP contribution in [0.15, 0.2) is 23.6 Å². The average Bonchev–Trinajstić information content (AvgIpc) is 2.81. The molecule has 0 amide bonds. The normalized spacial score (nSPS) is 10.2. The summed E-state index contributed by atoms with van der Waals surface area (Å²) in [6.45, 7) is 2.52. The SMILES string of the molecule is COc1cc(NCc2nc(C)cs2)ccc1[N+](=O)[O-]. The van der Waals surface area contributed by atoms with E-state index in [1.54, 1.807) is 23.5 Å². The van der Waals surface area contributed by atoms with Crippen molar-refractivity contribution in [1.82, 2.24) is 4.98 Å². The Labute approximate surface area is 114 Å². The summed E-state index contributed by atoms with van der Waals surface area (Å²) in [5.41, 5.74) is 1.71. The highest BCUT2D eigenvalue weighted by Gasteiger charge is 2.14. The van der Waals surface area contributed by atoms with E-state index < -0.39 is 4.92 Å². The topological polar surface area (TPSA) is 77.3 Å². The first kappa shape index (κ1) is 13.3. The van der Waals surface area contributed by atoms with Crippen LogP contribution < -0.4 is 10.1 Å². The van der Waals surface area contributed by atoms with Gasteiger partial charge < -0.3 is 10.1 Å². The zero-order chi connectivity index (χ0) is 13.8. The first-order valence-electron chi connectivity index (χ1n) is 5.57. The molecule has 1 aromatic heterocycles. The number of aromatic nitrogens is 1. The van der Waals surface area contributed by atoms with Crippen LogP contribution in [0.1, 0.15) is 10.7 Å². The monoisotopic (exact) mass is 279 g/mol. The molecule has 0 bridgehead atoms. The van der Waals surface area contributed by atoms with Gasteiger partial charge in [0.2, 0.25) is 0 Å². The van der Waals surface area contributed by atoms with Gasteiger partial charge in [0.1, 0.15) is 5.01 Å². The standard InChI is InChI=1S/C12H13N3O3S/c1-8-7-19-12(14-8)6-13-9-3-4-10(15(16)17)11(5-9)18-2/h3-5,7,13H,6H2,1-2H3. The third-order valence-electron chi connectivity index (χ3n) is 2.49. The summed E-state index contributed by atoms with van der Waals surface area (Å²) >= 11 is 1.57. The van der Waals surface area contributed by atoms with Crippen LogP contribution in [0, 0.1) is 17.0 Å². The van der Waals surface area contributed by atoms with E-state index in [1.807, 2.05) is 12.3 Å². The molecule has 0 unspecified atom stereocenters. The molecule has 0 saturated carbocycles. The number of thiazole rings is 1. The second-order valence-corrected chi connectivity index (χ2v) is 4.82. The van der Waals surface area contributed by atoms with Crippen molar-refractivity contribution in [3.8, 4) is 5.75 Å². The summed E-state index contributed by atoms with van der Waals surface area (Å²) in [5.74, 6) is 0.241. The zero-order valence-corrected chi connectivity index (χ0v) is 11.4. The summed E-state index contributed by atoms with van der Waals surface area (Å²) < 4.78 is 5.01. The lowest BCUT2D eigenvalue weighted by Crippen LogP contribution is -2.00. The third-order valence-corrected chi connectivity index (χ3v) is 3.45. The maximum Gasteiger partial charge on any atom is 0.311 e. The number of nitro groups is 1. The van der Waals surface area contributed by atoms with E-state index in [0.717, 1.165) is 16.4 Å². The minimum absolute atomic E-state index is 0.0434. The molecule has 0 aliphatic heterocycles. The van der Waals surface area contributed by atoms with Crippen molar-refractivity contribution in [3.63, 3.8) is 0 Å². The number of rotatable bonds is 5. The molecular weight excluding hydrogens is 266 g/mol. The van der Waals surface area contributed by atoms with Crippen molar-refractivity contribution in [1.29, 1.82) is 0 Å². The van der Waals surface area contributed by atoms with Gasteiger partial charge in [0, 0.05) is 28.9 Å². The van der Waals surface area contributed by atoms with Gasteiger partial charge in [-0.25, -0.2) is 4.98 Å². The van der Waals surface area contributed by atoms with E-state index >= 15 is 0 Å². The van der Waals surface area contributed by atoms with Gasteiger partial charge in [0.05, 0.1) is 18.6 Å². The molecule has 7 heteroatoms. The predicted octanol–water partition coefficient (Wildman–Crippen LogP) is 2.98. The molecule has 0 radical (unpaired) electrons. The molecule has 6 nitrogen and oxygen atoms in total. The molecule has 2 aromatic rings. The Morgan fingerprint density at radius 3 is 2.89 bits per heavy atom. The number of methoxy groups -OCH3 is 1. The number of nitrogens with zero attached hydrogens (tertiary/aromatic N) is 2. The minimum atomic E-state index is -0.465. The van der Waals surface area contributed by atoms with E-state index in [0.29, 0.717) is 6.54 Å². The smallest absolute Gasteiger partial charge is 0.311 e. The molecule has 100 valence electrons. The van der Waals surface area contributed by atoms with E-state index in [9.17, 15) is 10.1 Å². The number of nitrogens with one attached hydrogen (secondary N) is 1. The van der Waals surface area contributed by atoms with Gasteiger partial charge in [-0.1, -0.05) is 0 Å². The molecule has 19 heavy (non-hydrogen) atoms. The van der Waals surface area contributed by atoms with Gasteiger partial charge in [0.25, 0.3) is 0 Å². The maximum atomic E-state index is 10.8. The third kappa shape index (κ3) is 3.19. The van der Waals surface area contributed by atoms with Crippen LogP contribution in [0.2, 0.25) is 0 Å². The molecule has 0 saturated heterocycles. The Kier molecular flexibility index (Phi) is 3.96. The second kappa shape index (κ2) is 5.66. The van der Waals surface area contributed by atoms with Crippen molar-refractivity contribution in [2.75, 3.05) is 12.4 Å². The Bertz CT molecular complexity index is 598. The molecule has 1 aromatic carbocycles. The van der Waals surface area contributed by atoms with Gasteiger partial charge in [-0.15, -0.1) is 11.3 Å². The molecule has 0 fully saturated rings. The van der Waals surface area contributed by atoms with E-state index in [-0.39, 0.29) is 11.4 Å². The van der Waals surface area contributed by atoms with E-state index in [4.69, 9.17) is 4.74 Å². The van der Waals surface area contributed by atoms with E-state index in [1.165, 1.54) is 13.2 Å². The van der Waals surface area contributed by atoms with Crippen molar-refractivity contribution in [2.45, 2.75) is 13.5 Å². The van der Waals surface area contributed by atoms with Crippen LogP contribution in [0.3, 0.4) is 0 Å². The van der Waals surface area contributed by atoms with E-state index in [2.05, 4.69) is 10.3 Å². The highest BCUT2D eigenvalue weighted by atomic mass is 32.1. The lowest BCUT2D eigenvalue weighted by atomic mass is 10.2.